The molecular formula is C14H20BrFN2O2. The number of rotatable bonds is 7. The SMILES string of the molecule is CC(C)(CCCCOc1ccc(F)cc1Br)/C(N)=N/O. The van der Waals surface area contributed by atoms with E-state index in [2.05, 4.69) is 21.1 Å². The van der Waals surface area contributed by atoms with Crippen molar-refractivity contribution >= 4 is 21.8 Å². The Balaban J connectivity index is 2.32. The molecule has 0 aliphatic rings. The van der Waals surface area contributed by atoms with Gasteiger partial charge in [-0.2, -0.15) is 0 Å². The number of oxime groups is 1. The van der Waals surface area contributed by atoms with Crippen molar-refractivity contribution in [3.63, 3.8) is 0 Å². The Bertz CT molecular complexity index is 478. The van der Waals surface area contributed by atoms with Crippen LogP contribution in [-0.4, -0.2) is 17.6 Å². The molecule has 0 amide bonds. The van der Waals surface area contributed by atoms with Crippen molar-refractivity contribution in [3.05, 3.63) is 28.5 Å². The van der Waals surface area contributed by atoms with Crippen molar-refractivity contribution < 1.29 is 14.3 Å². The van der Waals surface area contributed by atoms with Crippen LogP contribution in [-0.2, 0) is 0 Å². The van der Waals surface area contributed by atoms with Gasteiger partial charge < -0.3 is 15.7 Å². The van der Waals surface area contributed by atoms with Crippen LogP contribution in [0.3, 0.4) is 0 Å². The van der Waals surface area contributed by atoms with E-state index in [9.17, 15) is 4.39 Å². The van der Waals surface area contributed by atoms with Gasteiger partial charge in [-0.05, 0) is 53.4 Å². The molecule has 112 valence electrons. The van der Waals surface area contributed by atoms with Gasteiger partial charge >= 0.3 is 0 Å². The molecule has 0 unspecified atom stereocenters. The van der Waals surface area contributed by atoms with Crippen LogP contribution in [0, 0.1) is 11.2 Å². The quantitative estimate of drug-likeness (QED) is 0.258. The maximum atomic E-state index is 12.9. The number of nitrogens with two attached hydrogens (primary N) is 1. The van der Waals surface area contributed by atoms with Gasteiger partial charge in [-0.25, -0.2) is 4.39 Å². The molecule has 0 radical (unpaired) electrons. The molecule has 1 aromatic rings. The highest BCUT2D eigenvalue weighted by Crippen LogP contribution is 2.26. The second-order valence-corrected chi connectivity index (χ2v) is 6.10. The molecule has 0 atom stereocenters. The zero-order valence-corrected chi connectivity index (χ0v) is 13.3. The van der Waals surface area contributed by atoms with Crippen molar-refractivity contribution in [1.82, 2.24) is 0 Å². The summed E-state index contributed by atoms with van der Waals surface area (Å²) >= 11 is 3.25. The molecule has 20 heavy (non-hydrogen) atoms. The number of halogens is 2. The Morgan fingerprint density at radius 3 is 2.75 bits per heavy atom. The number of amidine groups is 1. The van der Waals surface area contributed by atoms with Crippen molar-refractivity contribution in [2.75, 3.05) is 6.61 Å². The molecule has 1 aromatic carbocycles. The minimum Gasteiger partial charge on any atom is -0.492 e. The predicted molar refractivity (Wildman–Crippen MR) is 80.6 cm³/mol. The number of benzene rings is 1. The summed E-state index contributed by atoms with van der Waals surface area (Å²) in [5.74, 6) is 0.562. The van der Waals surface area contributed by atoms with Gasteiger partial charge in [0.2, 0.25) is 0 Å². The van der Waals surface area contributed by atoms with E-state index in [-0.39, 0.29) is 17.1 Å². The lowest BCUT2D eigenvalue weighted by atomic mass is 9.86. The zero-order chi connectivity index (χ0) is 15.2. The second-order valence-electron chi connectivity index (χ2n) is 5.25. The Kier molecular flexibility index (Phi) is 6.26. The van der Waals surface area contributed by atoms with Gasteiger partial charge in [-0.3, -0.25) is 0 Å². The van der Waals surface area contributed by atoms with Crippen LogP contribution in [0.15, 0.2) is 27.8 Å². The van der Waals surface area contributed by atoms with Crippen molar-refractivity contribution in [3.8, 4) is 5.75 Å². The summed E-state index contributed by atoms with van der Waals surface area (Å²) in [4.78, 5) is 0. The summed E-state index contributed by atoms with van der Waals surface area (Å²) in [5.41, 5.74) is 5.29. The fraction of sp³-hybridized carbons (Fsp3) is 0.500. The van der Waals surface area contributed by atoms with E-state index in [0.29, 0.717) is 16.8 Å². The first-order chi connectivity index (χ1) is 9.36. The number of nitrogens with zero attached hydrogens (tertiary/aromatic N) is 1. The number of hydrogen-bond donors (Lipinski definition) is 2. The van der Waals surface area contributed by atoms with Gasteiger partial charge in [0.1, 0.15) is 17.4 Å². The van der Waals surface area contributed by atoms with E-state index in [1.807, 2.05) is 13.8 Å². The lowest BCUT2D eigenvalue weighted by Gasteiger charge is -2.22. The molecule has 0 aliphatic heterocycles. The normalized spacial score (nSPS) is 12.5. The van der Waals surface area contributed by atoms with E-state index in [1.54, 1.807) is 6.07 Å². The lowest BCUT2D eigenvalue weighted by molar-refractivity contribution is 0.287. The third-order valence-corrected chi connectivity index (χ3v) is 3.77. The molecule has 0 aliphatic carbocycles. The molecule has 0 heterocycles. The van der Waals surface area contributed by atoms with E-state index in [4.69, 9.17) is 15.7 Å². The van der Waals surface area contributed by atoms with Gasteiger partial charge in [0.25, 0.3) is 0 Å². The Hall–Kier alpha value is -1.30. The molecule has 0 spiro atoms. The predicted octanol–water partition coefficient (Wildman–Crippen LogP) is 3.91. The zero-order valence-electron chi connectivity index (χ0n) is 11.7. The monoisotopic (exact) mass is 346 g/mol. The summed E-state index contributed by atoms with van der Waals surface area (Å²) in [6.45, 7) is 4.40. The first kappa shape index (κ1) is 16.8. The fourth-order valence-electron chi connectivity index (χ4n) is 1.71. The minimum atomic E-state index is -0.328. The second kappa shape index (κ2) is 7.47. The van der Waals surface area contributed by atoms with Gasteiger partial charge in [0.15, 0.2) is 0 Å². The molecular weight excluding hydrogens is 327 g/mol. The van der Waals surface area contributed by atoms with Crippen LogP contribution in [0.2, 0.25) is 0 Å². The van der Waals surface area contributed by atoms with Crippen LogP contribution in [0.1, 0.15) is 33.1 Å². The van der Waals surface area contributed by atoms with Crippen LogP contribution in [0.4, 0.5) is 4.39 Å². The number of ether oxygens (including phenoxy) is 1. The van der Waals surface area contributed by atoms with Gasteiger partial charge in [-0.1, -0.05) is 19.0 Å². The first-order valence-corrected chi connectivity index (χ1v) is 7.22. The highest BCUT2D eigenvalue weighted by atomic mass is 79.9. The van der Waals surface area contributed by atoms with Crippen LogP contribution in [0.5, 0.6) is 5.75 Å². The van der Waals surface area contributed by atoms with Crippen LogP contribution < -0.4 is 10.5 Å². The standard InChI is InChI=1S/C14H20BrFN2O2/c1-14(2,13(17)18-19)7-3-4-8-20-12-6-5-10(16)9-11(12)15/h5-6,9,19H,3-4,7-8H2,1-2H3,(H2,17,18). The maximum absolute atomic E-state index is 12.9. The average molecular weight is 347 g/mol. The third kappa shape index (κ3) is 5.00. The largest absolute Gasteiger partial charge is 0.492 e. The minimum absolute atomic E-state index is 0.236. The lowest BCUT2D eigenvalue weighted by Crippen LogP contribution is -2.31. The molecule has 6 heteroatoms. The van der Waals surface area contributed by atoms with E-state index >= 15 is 0 Å². The summed E-state index contributed by atoms with van der Waals surface area (Å²) < 4.78 is 19.1. The fourth-order valence-corrected chi connectivity index (χ4v) is 2.17. The summed E-state index contributed by atoms with van der Waals surface area (Å²) in [7, 11) is 0. The maximum Gasteiger partial charge on any atom is 0.144 e. The number of unbranched alkanes of at least 4 members (excludes halogenated alkanes) is 1. The third-order valence-electron chi connectivity index (χ3n) is 3.15. The molecule has 3 N–H and O–H groups in total. The first-order valence-electron chi connectivity index (χ1n) is 6.42. The summed E-state index contributed by atoms with van der Waals surface area (Å²) in [5, 5.41) is 11.7. The summed E-state index contributed by atoms with van der Waals surface area (Å²) in [6.07, 6.45) is 2.53. The number of hydrogen-bond acceptors (Lipinski definition) is 3. The molecule has 0 saturated carbocycles. The van der Waals surface area contributed by atoms with Crippen molar-refractivity contribution in [2.45, 2.75) is 33.1 Å². The highest BCUT2D eigenvalue weighted by molar-refractivity contribution is 9.10. The van der Waals surface area contributed by atoms with Crippen molar-refractivity contribution in [2.24, 2.45) is 16.3 Å². The molecule has 0 fully saturated rings. The van der Waals surface area contributed by atoms with Gasteiger partial charge in [0, 0.05) is 5.41 Å². The molecule has 0 saturated heterocycles. The van der Waals surface area contributed by atoms with E-state index in [0.717, 1.165) is 19.3 Å². The Labute approximate surface area is 126 Å². The van der Waals surface area contributed by atoms with Crippen molar-refractivity contribution in [1.29, 1.82) is 0 Å². The van der Waals surface area contributed by atoms with E-state index in [1.165, 1.54) is 12.1 Å². The Morgan fingerprint density at radius 1 is 1.45 bits per heavy atom. The van der Waals surface area contributed by atoms with Crippen LogP contribution >= 0.6 is 15.9 Å². The Morgan fingerprint density at radius 2 is 2.15 bits per heavy atom. The summed E-state index contributed by atoms with van der Waals surface area (Å²) in [6, 6.07) is 4.33. The highest BCUT2D eigenvalue weighted by Gasteiger charge is 2.22. The van der Waals surface area contributed by atoms with E-state index < -0.39 is 0 Å². The van der Waals surface area contributed by atoms with Gasteiger partial charge in [0.05, 0.1) is 11.1 Å². The molecule has 0 bridgehead atoms. The molecule has 4 nitrogen and oxygen atoms in total. The van der Waals surface area contributed by atoms with Crippen LogP contribution in [0.25, 0.3) is 0 Å². The molecule has 1 rings (SSSR count). The smallest absolute Gasteiger partial charge is 0.144 e. The van der Waals surface area contributed by atoms with Gasteiger partial charge in [-0.15, -0.1) is 0 Å². The average Bonchev–Trinajstić information content (AvgIpc) is 2.39. The topological polar surface area (TPSA) is 67.8 Å². The molecule has 0 aromatic heterocycles.